The molecule has 11 heteroatoms. The standard InChI is InChI=1S/C22H28FN3O5S2/c1-16(2)21(24-32(28,29)20-7-5-4-6-19(20)23)22(27)25-12-14-26(15-13-25)33(30,31)18-10-8-17(3)9-11-18/h4-11,16,21,24H,12-15H2,1-3H3/t21-/m0/s1. The third kappa shape index (κ3) is 5.60. The lowest BCUT2D eigenvalue weighted by molar-refractivity contribution is -0.135. The van der Waals surface area contributed by atoms with Crippen molar-refractivity contribution in [2.24, 2.45) is 5.92 Å². The first-order chi connectivity index (χ1) is 15.4. The van der Waals surface area contributed by atoms with Crippen molar-refractivity contribution in [1.82, 2.24) is 13.9 Å². The van der Waals surface area contributed by atoms with Crippen LogP contribution in [0.15, 0.2) is 58.3 Å². The van der Waals surface area contributed by atoms with Crippen LogP contribution in [0.5, 0.6) is 0 Å². The number of halogens is 1. The van der Waals surface area contributed by atoms with E-state index in [2.05, 4.69) is 4.72 Å². The number of nitrogens with zero attached hydrogens (tertiary/aromatic N) is 2. The van der Waals surface area contributed by atoms with Crippen LogP contribution in [0.3, 0.4) is 0 Å². The molecule has 33 heavy (non-hydrogen) atoms. The van der Waals surface area contributed by atoms with Gasteiger partial charge in [-0.3, -0.25) is 4.79 Å². The van der Waals surface area contributed by atoms with Crippen LogP contribution < -0.4 is 4.72 Å². The number of aryl methyl sites for hydroxylation is 1. The molecule has 1 N–H and O–H groups in total. The van der Waals surface area contributed by atoms with Crippen LogP contribution in [0.2, 0.25) is 0 Å². The van der Waals surface area contributed by atoms with Gasteiger partial charge < -0.3 is 4.90 Å². The molecule has 3 rings (SSSR count). The fourth-order valence-electron chi connectivity index (χ4n) is 3.57. The summed E-state index contributed by atoms with van der Waals surface area (Å²) in [5.74, 6) is -1.79. The van der Waals surface area contributed by atoms with Gasteiger partial charge in [-0.2, -0.15) is 9.03 Å². The molecule has 0 bridgehead atoms. The molecule has 1 saturated heterocycles. The number of sulfonamides is 2. The molecular formula is C22H28FN3O5S2. The summed E-state index contributed by atoms with van der Waals surface area (Å²) in [5.41, 5.74) is 0.946. The topological polar surface area (TPSA) is 104 Å². The van der Waals surface area contributed by atoms with Gasteiger partial charge in [0.25, 0.3) is 0 Å². The van der Waals surface area contributed by atoms with E-state index in [1.807, 2.05) is 6.92 Å². The first-order valence-electron chi connectivity index (χ1n) is 10.6. The highest BCUT2D eigenvalue weighted by Gasteiger charge is 2.36. The van der Waals surface area contributed by atoms with Gasteiger partial charge in [-0.1, -0.05) is 43.7 Å². The smallest absolute Gasteiger partial charge is 0.244 e. The molecule has 0 radical (unpaired) electrons. The van der Waals surface area contributed by atoms with Gasteiger partial charge >= 0.3 is 0 Å². The highest BCUT2D eigenvalue weighted by Crippen LogP contribution is 2.20. The van der Waals surface area contributed by atoms with E-state index < -0.39 is 48.6 Å². The third-order valence-corrected chi connectivity index (χ3v) is 8.94. The monoisotopic (exact) mass is 497 g/mol. The van der Waals surface area contributed by atoms with Crippen LogP contribution in [0, 0.1) is 18.7 Å². The molecule has 1 atom stereocenters. The zero-order valence-corrected chi connectivity index (χ0v) is 20.4. The lowest BCUT2D eigenvalue weighted by Crippen LogP contribution is -2.57. The van der Waals surface area contributed by atoms with Crippen molar-refractivity contribution in [2.45, 2.75) is 36.6 Å². The fraction of sp³-hybridized carbons (Fsp3) is 0.409. The Kier molecular flexibility index (Phi) is 7.57. The maximum atomic E-state index is 14.0. The second-order valence-corrected chi connectivity index (χ2v) is 11.9. The Bertz CT molecular complexity index is 1210. The molecular weight excluding hydrogens is 469 g/mol. The van der Waals surface area contributed by atoms with Crippen molar-refractivity contribution < 1.29 is 26.0 Å². The average Bonchev–Trinajstić information content (AvgIpc) is 2.77. The average molecular weight is 498 g/mol. The molecule has 8 nitrogen and oxygen atoms in total. The van der Waals surface area contributed by atoms with Crippen LogP contribution in [0.4, 0.5) is 4.39 Å². The number of hydrogen-bond donors (Lipinski definition) is 1. The Balaban J connectivity index is 1.71. The van der Waals surface area contributed by atoms with Gasteiger partial charge in [0, 0.05) is 26.2 Å². The van der Waals surface area contributed by atoms with Crippen molar-refractivity contribution in [1.29, 1.82) is 0 Å². The summed E-state index contributed by atoms with van der Waals surface area (Å²) in [6, 6.07) is 10.4. The largest absolute Gasteiger partial charge is 0.339 e. The van der Waals surface area contributed by atoms with Crippen molar-refractivity contribution in [3.8, 4) is 0 Å². The minimum Gasteiger partial charge on any atom is -0.339 e. The van der Waals surface area contributed by atoms with E-state index in [4.69, 9.17) is 0 Å². The minimum atomic E-state index is -4.27. The number of hydrogen-bond acceptors (Lipinski definition) is 5. The highest BCUT2D eigenvalue weighted by atomic mass is 32.2. The Morgan fingerprint density at radius 2 is 1.52 bits per heavy atom. The zero-order chi connectivity index (χ0) is 24.4. The predicted molar refractivity (Wildman–Crippen MR) is 122 cm³/mol. The molecule has 0 unspecified atom stereocenters. The summed E-state index contributed by atoms with van der Waals surface area (Å²) in [6.07, 6.45) is 0. The number of carbonyl (C=O) groups excluding carboxylic acids is 1. The number of nitrogens with one attached hydrogen (secondary N) is 1. The quantitative estimate of drug-likeness (QED) is 0.630. The molecule has 180 valence electrons. The molecule has 0 aromatic heterocycles. The summed E-state index contributed by atoms with van der Waals surface area (Å²) in [4.78, 5) is 14.2. The zero-order valence-electron chi connectivity index (χ0n) is 18.7. The van der Waals surface area contributed by atoms with E-state index in [0.717, 1.165) is 17.7 Å². The van der Waals surface area contributed by atoms with Gasteiger partial charge in [0.2, 0.25) is 26.0 Å². The Morgan fingerprint density at radius 3 is 2.06 bits per heavy atom. The third-order valence-electron chi connectivity index (χ3n) is 5.55. The molecule has 1 heterocycles. The molecule has 2 aromatic rings. The number of amides is 1. The number of benzene rings is 2. The Morgan fingerprint density at radius 1 is 0.939 bits per heavy atom. The lowest BCUT2D eigenvalue weighted by atomic mass is 10.0. The van der Waals surface area contributed by atoms with Gasteiger partial charge in [-0.15, -0.1) is 0 Å². The summed E-state index contributed by atoms with van der Waals surface area (Å²) in [6.45, 7) is 5.66. The normalized spacial score (nSPS) is 16.7. The van der Waals surface area contributed by atoms with Gasteiger partial charge in [0.15, 0.2) is 0 Å². The summed E-state index contributed by atoms with van der Waals surface area (Å²) >= 11 is 0. The van der Waals surface area contributed by atoms with Gasteiger partial charge in [0.05, 0.1) is 4.90 Å². The number of piperazine rings is 1. The van der Waals surface area contributed by atoms with Crippen LogP contribution in [-0.2, 0) is 24.8 Å². The van der Waals surface area contributed by atoms with E-state index in [-0.39, 0.29) is 31.1 Å². The van der Waals surface area contributed by atoms with E-state index in [0.29, 0.717) is 0 Å². The number of carbonyl (C=O) groups is 1. The van der Waals surface area contributed by atoms with Crippen molar-refractivity contribution in [2.75, 3.05) is 26.2 Å². The van der Waals surface area contributed by atoms with E-state index >= 15 is 0 Å². The van der Waals surface area contributed by atoms with Crippen LogP contribution in [0.1, 0.15) is 19.4 Å². The molecule has 1 aliphatic heterocycles. The highest BCUT2D eigenvalue weighted by molar-refractivity contribution is 7.89. The molecule has 1 fully saturated rings. The predicted octanol–water partition coefficient (Wildman–Crippen LogP) is 1.97. The Hall–Kier alpha value is -2.34. The van der Waals surface area contributed by atoms with E-state index in [1.54, 1.807) is 38.1 Å². The fourth-order valence-corrected chi connectivity index (χ4v) is 6.41. The second-order valence-electron chi connectivity index (χ2n) is 8.32. The first kappa shape index (κ1) is 25.3. The Labute approximate surface area is 194 Å². The van der Waals surface area contributed by atoms with Crippen molar-refractivity contribution in [3.05, 3.63) is 59.9 Å². The SMILES string of the molecule is Cc1ccc(S(=O)(=O)N2CCN(C(=O)[C@@H](NS(=O)(=O)c3ccccc3F)C(C)C)CC2)cc1. The molecule has 0 saturated carbocycles. The van der Waals surface area contributed by atoms with Crippen molar-refractivity contribution >= 4 is 26.0 Å². The van der Waals surface area contributed by atoms with Crippen LogP contribution in [-0.4, -0.2) is 64.2 Å². The molecule has 0 spiro atoms. The van der Waals surface area contributed by atoms with Gasteiger partial charge in [-0.05, 0) is 37.1 Å². The van der Waals surface area contributed by atoms with Crippen LogP contribution >= 0.6 is 0 Å². The summed E-state index contributed by atoms with van der Waals surface area (Å²) in [5, 5.41) is 0. The maximum Gasteiger partial charge on any atom is 0.244 e. The maximum absolute atomic E-state index is 14.0. The molecule has 0 aliphatic carbocycles. The molecule has 2 aromatic carbocycles. The molecule has 1 amide bonds. The first-order valence-corrected chi connectivity index (χ1v) is 13.5. The van der Waals surface area contributed by atoms with E-state index in [1.165, 1.54) is 21.3 Å². The molecule has 1 aliphatic rings. The van der Waals surface area contributed by atoms with Crippen molar-refractivity contribution in [3.63, 3.8) is 0 Å². The minimum absolute atomic E-state index is 0.0901. The summed E-state index contributed by atoms with van der Waals surface area (Å²) in [7, 11) is -7.96. The second kappa shape index (κ2) is 9.88. The summed E-state index contributed by atoms with van der Waals surface area (Å²) < 4.78 is 68.9. The number of rotatable bonds is 7. The van der Waals surface area contributed by atoms with Crippen LogP contribution in [0.25, 0.3) is 0 Å². The van der Waals surface area contributed by atoms with E-state index in [9.17, 15) is 26.0 Å². The van der Waals surface area contributed by atoms with Gasteiger partial charge in [-0.25, -0.2) is 21.2 Å². The van der Waals surface area contributed by atoms with Gasteiger partial charge in [0.1, 0.15) is 16.8 Å². The lowest BCUT2D eigenvalue weighted by Gasteiger charge is -2.36.